The molecule has 7 aromatic carbocycles. The van der Waals surface area contributed by atoms with Gasteiger partial charge in [-0.2, -0.15) is 0 Å². The molecule has 0 saturated heterocycles. The molecule has 3 aromatic heterocycles. The molecule has 0 fully saturated rings. The summed E-state index contributed by atoms with van der Waals surface area (Å²) >= 11 is 0. The lowest BCUT2D eigenvalue weighted by atomic mass is 9.82. The molecule has 0 spiro atoms. The van der Waals surface area contributed by atoms with Gasteiger partial charge in [-0.05, 0) is 119 Å². The van der Waals surface area contributed by atoms with Gasteiger partial charge >= 0.3 is 0 Å². The Hall–Kier alpha value is -6.45. The third-order valence-corrected chi connectivity index (χ3v) is 9.81. The molecule has 0 radical (unpaired) electrons. The maximum atomic E-state index is 4.75. The number of benzene rings is 7. The first-order chi connectivity index (χ1) is 23.8. The Labute approximate surface area is 276 Å². The molecule has 0 bridgehead atoms. The number of nitrogens with zero attached hydrogens (tertiary/aromatic N) is 3. The molecule has 0 aliphatic carbocycles. The largest absolute Gasteiger partial charge is 0.264 e. The number of rotatable bonds is 3. The summed E-state index contributed by atoms with van der Waals surface area (Å²) in [5, 5.41) is 12.0. The van der Waals surface area contributed by atoms with Crippen molar-refractivity contribution >= 4 is 64.9 Å². The summed E-state index contributed by atoms with van der Waals surface area (Å²) in [6, 6.07) is 50.4. The highest BCUT2D eigenvalue weighted by Crippen LogP contribution is 2.49. The SMILES string of the molecule is c1cncc(-c2cc3ccccc3c3cc4c(-c5cccc6ncccc56)c5ccccc5c(-c5cccc6ncccc56)c4cc23)c1. The summed E-state index contributed by atoms with van der Waals surface area (Å²) < 4.78 is 0. The highest BCUT2D eigenvalue weighted by Gasteiger charge is 2.21. The predicted octanol–water partition coefficient (Wildman–Crippen LogP) is 11.8. The van der Waals surface area contributed by atoms with Crippen LogP contribution in [0.15, 0.2) is 164 Å². The second-order valence-corrected chi connectivity index (χ2v) is 12.4. The highest BCUT2D eigenvalue weighted by molar-refractivity contribution is 6.29. The van der Waals surface area contributed by atoms with Gasteiger partial charge in [0.05, 0.1) is 11.0 Å². The van der Waals surface area contributed by atoms with E-state index in [2.05, 4.69) is 126 Å². The van der Waals surface area contributed by atoms with Gasteiger partial charge in [0.25, 0.3) is 0 Å². The van der Waals surface area contributed by atoms with E-state index in [9.17, 15) is 0 Å². The van der Waals surface area contributed by atoms with E-state index in [1.807, 2.05) is 43.0 Å². The minimum Gasteiger partial charge on any atom is -0.264 e. The van der Waals surface area contributed by atoms with E-state index in [0.717, 1.165) is 27.4 Å². The molecular formula is C45H27N3. The van der Waals surface area contributed by atoms with Crippen molar-refractivity contribution in [3.05, 3.63) is 164 Å². The Morgan fingerprint density at radius 2 is 0.896 bits per heavy atom. The van der Waals surface area contributed by atoms with Gasteiger partial charge in [-0.25, -0.2) is 0 Å². The maximum Gasteiger partial charge on any atom is 0.0708 e. The van der Waals surface area contributed by atoms with Gasteiger partial charge in [0.2, 0.25) is 0 Å². The van der Waals surface area contributed by atoms with Crippen LogP contribution in [0.3, 0.4) is 0 Å². The molecule has 0 unspecified atom stereocenters. The molecule has 10 aromatic rings. The Morgan fingerprint density at radius 1 is 0.333 bits per heavy atom. The molecule has 48 heavy (non-hydrogen) atoms. The zero-order valence-electron chi connectivity index (χ0n) is 25.9. The van der Waals surface area contributed by atoms with E-state index in [0.29, 0.717) is 0 Å². The monoisotopic (exact) mass is 609 g/mol. The molecule has 0 aliphatic heterocycles. The Bertz CT molecular complexity index is 2880. The van der Waals surface area contributed by atoms with Crippen LogP contribution in [0.2, 0.25) is 0 Å². The van der Waals surface area contributed by atoms with Gasteiger partial charge in [0.15, 0.2) is 0 Å². The smallest absolute Gasteiger partial charge is 0.0708 e. The third kappa shape index (κ3) is 3.98. The summed E-state index contributed by atoms with van der Waals surface area (Å²) in [6.45, 7) is 0. The summed E-state index contributed by atoms with van der Waals surface area (Å²) in [4.78, 5) is 14.0. The Balaban J connectivity index is 1.48. The van der Waals surface area contributed by atoms with Gasteiger partial charge in [-0.15, -0.1) is 0 Å². The first-order valence-corrected chi connectivity index (χ1v) is 16.3. The zero-order chi connectivity index (χ0) is 31.6. The predicted molar refractivity (Wildman–Crippen MR) is 201 cm³/mol. The lowest BCUT2D eigenvalue weighted by Gasteiger charge is -2.21. The molecule has 222 valence electrons. The number of fused-ring (bicyclic) bond motifs is 7. The van der Waals surface area contributed by atoms with Crippen molar-refractivity contribution in [1.82, 2.24) is 15.0 Å². The number of hydrogen-bond donors (Lipinski definition) is 0. The molecule has 0 aliphatic rings. The molecule has 3 heteroatoms. The van der Waals surface area contributed by atoms with Gasteiger partial charge < -0.3 is 0 Å². The van der Waals surface area contributed by atoms with E-state index < -0.39 is 0 Å². The molecule has 0 atom stereocenters. The van der Waals surface area contributed by atoms with Crippen LogP contribution in [0.25, 0.3) is 98.3 Å². The molecule has 0 saturated carbocycles. The number of aromatic nitrogens is 3. The first kappa shape index (κ1) is 26.7. The summed E-state index contributed by atoms with van der Waals surface area (Å²) in [5.41, 5.74) is 9.04. The number of hydrogen-bond acceptors (Lipinski definition) is 3. The lowest BCUT2D eigenvalue weighted by Crippen LogP contribution is -1.94. The van der Waals surface area contributed by atoms with Crippen molar-refractivity contribution in [2.24, 2.45) is 0 Å². The lowest BCUT2D eigenvalue weighted by molar-refractivity contribution is 1.33. The standard InChI is InChI=1S/C45H27N3/c1-2-12-30-28(10-1)24-37(29-11-7-21-46-27-29)39-26-41-40(25-38(30)39)44(33-15-5-19-42-31(33)17-8-22-47-42)35-13-3-4-14-36(35)45(41)34-16-6-20-43-32(34)18-9-23-48-43/h1-27H. The summed E-state index contributed by atoms with van der Waals surface area (Å²) in [5.74, 6) is 0. The molecule has 3 heterocycles. The normalized spacial score (nSPS) is 11.8. The minimum absolute atomic E-state index is 0.985. The number of pyridine rings is 3. The van der Waals surface area contributed by atoms with E-state index in [1.54, 1.807) is 0 Å². The molecule has 0 amide bonds. The van der Waals surface area contributed by atoms with Crippen LogP contribution in [-0.2, 0) is 0 Å². The second kappa shape index (κ2) is 10.5. The van der Waals surface area contributed by atoms with Crippen LogP contribution in [0.1, 0.15) is 0 Å². The van der Waals surface area contributed by atoms with E-state index in [1.165, 1.54) is 70.9 Å². The van der Waals surface area contributed by atoms with Gasteiger partial charge in [-0.3, -0.25) is 15.0 Å². The quantitative estimate of drug-likeness (QED) is 0.148. The van der Waals surface area contributed by atoms with Crippen LogP contribution >= 0.6 is 0 Å². The van der Waals surface area contributed by atoms with Crippen molar-refractivity contribution in [2.45, 2.75) is 0 Å². The maximum absolute atomic E-state index is 4.75. The molecule has 0 N–H and O–H groups in total. The van der Waals surface area contributed by atoms with Crippen molar-refractivity contribution < 1.29 is 0 Å². The van der Waals surface area contributed by atoms with Gasteiger partial charge in [0, 0.05) is 41.1 Å². The summed E-state index contributed by atoms with van der Waals surface area (Å²) in [7, 11) is 0. The van der Waals surface area contributed by atoms with Gasteiger partial charge in [0.1, 0.15) is 0 Å². The first-order valence-electron chi connectivity index (χ1n) is 16.3. The zero-order valence-corrected chi connectivity index (χ0v) is 25.9. The van der Waals surface area contributed by atoms with Crippen molar-refractivity contribution in [3.8, 4) is 33.4 Å². The molecule has 3 nitrogen and oxygen atoms in total. The van der Waals surface area contributed by atoms with Crippen LogP contribution < -0.4 is 0 Å². The van der Waals surface area contributed by atoms with Crippen molar-refractivity contribution in [2.75, 3.05) is 0 Å². The summed E-state index contributed by atoms with van der Waals surface area (Å²) in [6.07, 6.45) is 7.56. The Kier molecular flexibility index (Phi) is 5.87. The molecular weight excluding hydrogens is 583 g/mol. The Morgan fingerprint density at radius 3 is 1.52 bits per heavy atom. The van der Waals surface area contributed by atoms with E-state index >= 15 is 0 Å². The van der Waals surface area contributed by atoms with Crippen LogP contribution in [0.5, 0.6) is 0 Å². The third-order valence-electron chi connectivity index (χ3n) is 9.81. The average Bonchev–Trinajstić information content (AvgIpc) is 3.16. The van der Waals surface area contributed by atoms with Gasteiger partial charge in [-0.1, -0.05) is 91.0 Å². The highest BCUT2D eigenvalue weighted by atomic mass is 14.6. The fourth-order valence-electron chi connectivity index (χ4n) is 7.75. The van der Waals surface area contributed by atoms with Crippen LogP contribution in [-0.4, -0.2) is 15.0 Å². The van der Waals surface area contributed by atoms with Crippen LogP contribution in [0.4, 0.5) is 0 Å². The molecule has 10 rings (SSSR count). The van der Waals surface area contributed by atoms with Crippen LogP contribution in [0, 0.1) is 0 Å². The van der Waals surface area contributed by atoms with E-state index in [-0.39, 0.29) is 0 Å². The topological polar surface area (TPSA) is 38.7 Å². The van der Waals surface area contributed by atoms with E-state index in [4.69, 9.17) is 9.97 Å². The van der Waals surface area contributed by atoms with Crippen molar-refractivity contribution in [1.29, 1.82) is 0 Å². The average molecular weight is 610 g/mol. The second-order valence-electron chi connectivity index (χ2n) is 12.4. The minimum atomic E-state index is 0.985. The fourth-order valence-corrected chi connectivity index (χ4v) is 7.75. The van der Waals surface area contributed by atoms with Crippen molar-refractivity contribution in [3.63, 3.8) is 0 Å². The fraction of sp³-hybridized carbons (Fsp3) is 0.